The second-order valence-corrected chi connectivity index (χ2v) is 6.83. The molecule has 1 N–H and O–H groups in total. The molecule has 3 atom stereocenters. The average Bonchev–Trinajstić information content (AvgIpc) is 3.31. The van der Waals surface area contributed by atoms with Gasteiger partial charge >= 0.3 is 0 Å². The van der Waals surface area contributed by atoms with Crippen LogP contribution in [0.2, 0.25) is 0 Å². The summed E-state index contributed by atoms with van der Waals surface area (Å²) < 4.78 is 9.67. The summed E-state index contributed by atoms with van der Waals surface area (Å²) >= 11 is 1.16. The van der Waals surface area contributed by atoms with Crippen molar-refractivity contribution in [1.29, 1.82) is 0 Å². The molecule has 2 amide bonds. The van der Waals surface area contributed by atoms with E-state index in [0.717, 1.165) is 18.0 Å². The van der Waals surface area contributed by atoms with E-state index in [9.17, 15) is 9.59 Å². The number of pyridine rings is 1. The predicted octanol–water partition coefficient (Wildman–Crippen LogP) is 1.19. The van der Waals surface area contributed by atoms with Gasteiger partial charge in [-0.25, -0.2) is 0 Å². The highest BCUT2D eigenvalue weighted by Crippen LogP contribution is 2.34. The number of hydrogen-bond acceptors (Lipinski definition) is 7. The van der Waals surface area contributed by atoms with E-state index in [1.54, 1.807) is 34.8 Å². The zero-order valence-electron chi connectivity index (χ0n) is 13.4. The van der Waals surface area contributed by atoms with Crippen molar-refractivity contribution in [3.8, 4) is 0 Å². The molecule has 4 heterocycles. The van der Waals surface area contributed by atoms with Gasteiger partial charge in [-0.1, -0.05) is 4.49 Å². The molecule has 0 saturated carbocycles. The maximum absolute atomic E-state index is 12.4. The first-order chi connectivity index (χ1) is 12.2. The van der Waals surface area contributed by atoms with E-state index in [0.29, 0.717) is 36.8 Å². The molecule has 2 fully saturated rings. The molecule has 0 unspecified atom stereocenters. The Labute approximate surface area is 148 Å². The minimum atomic E-state index is -0.494. The van der Waals surface area contributed by atoms with Crippen molar-refractivity contribution in [2.24, 2.45) is 5.92 Å². The number of carbonyl (C=O) groups excluding carboxylic acids is 2. The normalized spacial score (nSPS) is 25.4. The molecule has 130 valence electrons. The number of carbonyl (C=O) groups is 2. The van der Waals surface area contributed by atoms with E-state index in [2.05, 4.69) is 19.9 Å². The SMILES string of the molecule is O=C(Nc1cccnc1)[C@H]1C[C@@H]2CCN(C(=O)c3csnn3)C[C@@H]2O1. The molecule has 2 aliphatic heterocycles. The van der Waals surface area contributed by atoms with Crippen LogP contribution in [0.5, 0.6) is 0 Å². The maximum atomic E-state index is 12.4. The van der Waals surface area contributed by atoms with E-state index in [-0.39, 0.29) is 17.9 Å². The van der Waals surface area contributed by atoms with E-state index >= 15 is 0 Å². The van der Waals surface area contributed by atoms with Gasteiger partial charge in [0.15, 0.2) is 5.69 Å². The van der Waals surface area contributed by atoms with Crippen molar-refractivity contribution in [3.05, 3.63) is 35.6 Å². The number of anilines is 1. The average molecular weight is 359 g/mol. The third kappa shape index (κ3) is 3.38. The third-order valence-electron chi connectivity index (χ3n) is 4.64. The van der Waals surface area contributed by atoms with Crippen molar-refractivity contribution in [2.75, 3.05) is 18.4 Å². The fourth-order valence-corrected chi connectivity index (χ4v) is 3.79. The van der Waals surface area contributed by atoms with E-state index in [4.69, 9.17) is 4.74 Å². The van der Waals surface area contributed by atoms with E-state index in [1.165, 1.54) is 0 Å². The second-order valence-electron chi connectivity index (χ2n) is 6.22. The Kier molecular flexibility index (Phi) is 4.41. The number of rotatable bonds is 3. The number of hydrogen-bond donors (Lipinski definition) is 1. The Hall–Kier alpha value is -2.39. The lowest BCUT2D eigenvalue weighted by atomic mass is 9.91. The fraction of sp³-hybridized carbons (Fsp3) is 0.438. The number of likely N-dealkylation sites (tertiary alicyclic amines) is 1. The van der Waals surface area contributed by atoms with Crippen molar-refractivity contribution < 1.29 is 14.3 Å². The third-order valence-corrected chi connectivity index (χ3v) is 5.14. The van der Waals surface area contributed by atoms with Gasteiger partial charge in [0.05, 0.1) is 18.0 Å². The number of aromatic nitrogens is 3. The molecular weight excluding hydrogens is 342 g/mol. The summed E-state index contributed by atoms with van der Waals surface area (Å²) in [7, 11) is 0. The van der Waals surface area contributed by atoms with Gasteiger partial charge in [-0.05, 0) is 42.4 Å². The molecule has 0 aliphatic carbocycles. The lowest BCUT2D eigenvalue weighted by Gasteiger charge is -2.33. The second kappa shape index (κ2) is 6.85. The van der Waals surface area contributed by atoms with E-state index < -0.39 is 6.10 Å². The Morgan fingerprint density at radius 3 is 3.08 bits per heavy atom. The van der Waals surface area contributed by atoms with Crippen LogP contribution in [0.25, 0.3) is 0 Å². The highest BCUT2D eigenvalue weighted by atomic mass is 32.1. The van der Waals surface area contributed by atoms with Crippen LogP contribution in [0.1, 0.15) is 23.3 Å². The summed E-state index contributed by atoms with van der Waals surface area (Å²) in [5.74, 6) is 0.00490. The quantitative estimate of drug-likeness (QED) is 0.884. The van der Waals surface area contributed by atoms with Crippen LogP contribution in [0.3, 0.4) is 0 Å². The molecule has 2 saturated heterocycles. The van der Waals surface area contributed by atoms with E-state index in [1.807, 2.05) is 0 Å². The Bertz CT molecular complexity index is 754. The van der Waals surface area contributed by atoms with Crippen LogP contribution in [0, 0.1) is 5.92 Å². The van der Waals surface area contributed by atoms with Gasteiger partial charge in [-0.2, -0.15) is 0 Å². The lowest BCUT2D eigenvalue weighted by Crippen LogP contribution is -2.45. The van der Waals surface area contributed by atoms with Crippen molar-refractivity contribution >= 4 is 29.0 Å². The standard InChI is InChI=1S/C16H17N5O3S/c22-15(18-11-2-1-4-17-7-11)13-6-10-3-5-21(8-14(10)24-13)16(23)12-9-25-20-19-12/h1-2,4,7,9-10,13-14H,3,5-6,8H2,(H,18,22)/t10-,13+,14-/m0/s1. The molecular formula is C16H17N5O3S. The molecule has 2 aromatic heterocycles. The molecule has 2 aromatic rings. The van der Waals surface area contributed by atoms with Gasteiger partial charge in [0.1, 0.15) is 6.10 Å². The zero-order chi connectivity index (χ0) is 17.2. The highest BCUT2D eigenvalue weighted by Gasteiger charge is 2.43. The Balaban J connectivity index is 1.37. The first kappa shape index (κ1) is 16.1. The maximum Gasteiger partial charge on any atom is 0.275 e. The smallest absolute Gasteiger partial charge is 0.275 e. The first-order valence-corrected chi connectivity index (χ1v) is 8.97. The summed E-state index contributed by atoms with van der Waals surface area (Å²) in [6.45, 7) is 1.13. The number of piperidine rings is 1. The predicted molar refractivity (Wildman–Crippen MR) is 90.1 cm³/mol. The highest BCUT2D eigenvalue weighted by molar-refractivity contribution is 7.03. The largest absolute Gasteiger partial charge is 0.363 e. The van der Waals surface area contributed by atoms with Gasteiger partial charge in [0, 0.05) is 24.7 Å². The minimum absolute atomic E-state index is 0.117. The number of nitrogens with zero attached hydrogens (tertiary/aromatic N) is 4. The summed E-state index contributed by atoms with van der Waals surface area (Å²) in [4.78, 5) is 30.5. The van der Waals surface area contributed by atoms with Crippen LogP contribution in [-0.4, -0.2) is 56.6 Å². The molecule has 0 radical (unpaired) electrons. The number of fused-ring (bicyclic) bond motifs is 1. The van der Waals surface area contributed by atoms with Crippen LogP contribution in [0.15, 0.2) is 29.9 Å². The molecule has 0 spiro atoms. The van der Waals surface area contributed by atoms with Crippen LogP contribution >= 0.6 is 11.5 Å². The van der Waals surface area contributed by atoms with Crippen molar-refractivity contribution in [1.82, 2.24) is 19.5 Å². The first-order valence-electron chi connectivity index (χ1n) is 8.13. The molecule has 9 heteroatoms. The summed E-state index contributed by atoms with van der Waals surface area (Å²) in [5.41, 5.74) is 1.02. The van der Waals surface area contributed by atoms with Gasteiger partial charge in [-0.3, -0.25) is 14.6 Å². The van der Waals surface area contributed by atoms with Gasteiger partial charge in [0.25, 0.3) is 11.8 Å². The fourth-order valence-electron chi connectivity index (χ4n) is 3.36. The van der Waals surface area contributed by atoms with Crippen molar-refractivity contribution in [3.63, 3.8) is 0 Å². The summed E-state index contributed by atoms with van der Waals surface area (Å²) in [5, 5.41) is 8.31. The lowest BCUT2D eigenvalue weighted by molar-refractivity contribution is -0.127. The number of amides is 2. The molecule has 0 aromatic carbocycles. The Morgan fingerprint density at radius 2 is 2.32 bits per heavy atom. The number of nitrogens with one attached hydrogen (secondary N) is 1. The molecule has 25 heavy (non-hydrogen) atoms. The monoisotopic (exact) mass is 359 g/mol. The molecule has 0 bridgehead atoms. The van der Waals surface area contributed by atoms with Gasteiger partial charge in [-0.15, -0.1) is 5.10 Å². The summed E-state index contributed by atoms with van der Waals surface area (Å²) in [6.07, 6.45) is 4.14. The van der Waals surface area contributed by atoms with Crippen LogP contribution in [-0.2, 0) is 9.53 Å². The Morgan fingerprint density at radius 1 is 1.40 bits per heavy atom. The minimum Gasteiger partial charge on any atom is -0.363 e. The van der Waals surface area contributed by atoms with Crippen LogP contribution < -0.4 is 5.32 Å². The summed E-state index contributed by atoms with van der Waals surface area (Å²) in [6, 6.07) is 3.55. The zero-order valence-corrected chi connectivity index (χ0v) is 14.2. The van der Waals surface area contributed by atoms with Crippen LogP contribution in [0.4, 0.5) is 5.69 Å². The van der Waals surface area contributed by atoms with Crippen molar-refractivity contribution in [2.45, 2.75) is 25.0 Å². The van der Waals surface area contributed by atoms with Gasteiger partial charge < -0.3 is 15.0 Å². The van der Waals surface area contributed by atoms with Gasteiger partial charge in [0.2, 0.25) is 0 Å². The number of ether oxygens (including phenoxy) is 1. The topological polar surface area (TPSA) is 97.3 Å². The molecule has 8 nitrogen and oxygen atoms in total. The molecule has 2 aliphatic rings. The molecule has 4 rings (SSSR count).